The van der Waals surface area contributed by atoms with Crippen molar-refractivity contribution < 1.29 is 19.1 Å². The van der Waals surface area contributed by atoms with Gasteiger partial charge in [0.2, 0.25) is 0 Å². The van der Waals surface area contributed by atoms with Crippen LogP contribution in [0.1, 0.15) is 38.4 Å². The summed E-state index contributed by atoms with van der Waals surface area (Å²) in [4.78, 5) is 12.8. The molecule has 0 radical (unpaired) electrons. The van der Waals surface area contributed by atoms with Crippen molar-refractivity contribution >= 4 is 17.7 Å². The van der Waals surface area contributed by atoms with Gasteiger partial charge in [0, 0.05) is 10.6 Å². The van der Waals surface area contributed by atoms with E-state index in [4.69, 9.17) is 9.15 Å². The van der Waals surface area contributed by atoms with Gasteiger partial charge in [-0.15, -0.1) is 11.8 Å². The van der Waals surface area contributed by atoms with Crippen LogP contribution in [0.5, 0.6) is 0 Å². The Labute approximate surface area is 123 Å². The minimum atomic E-state index is -0.683. The number of hydrogen-bond donors (Lipinski definition) is 1. The number of aryl methyl sites for hydroxylation is 1. The summed E-state index contributed by atoms with van der Waals surface area (Å²) in [5.74, 6) is 1.37. The normalized spacial score (nSPS) is 26.4. The van der Waals surface area contributed by atoms with E-state index in [1.165, 1.54) is 0 Å². The Hall–Kier alpha value is -0.940. The molecule has 0 saturated heterocycles. The van der Waals surface area contributed by atoms with Crippen LogP contribution in [-0.4, -0.2) is 29.0 Å². The first-order valence-corrected chi connectivity index (χ1v) is 8.08. The van der Waals surface area contributed by atoms with E-state index in [2.05, 4.69) is 0 Å². The van der Waals surface area contributed by atoms with Crippen molar-refractivity contribution in [2.24, 2.45) is 5.92 Å². The standard InChI is InChI=1S/C15H22O4S/c1-3-18-14(16)12-4-7-15(17,8-5-12)10-20-13-6-9-19-11(13)2/h6,9,12,17H,3-5,7-8,10H2,1-2H3. The summed E-state index contributed by atoms with van der Waals surface area (Å²) in [5.41, 5.74) is -0.683. The molecular weight excluding hydrogens is 276 g/mol. The van der Waals surface area contributed by atoms with Gasteiger partial charge in [0.25, 0.3) is 0 Å². The molecule has 20 heavy (non-hydrogen) atoms. The fourth-order valence-corrected chi connectivity index (χ4v) is 3.65. The Bertz CT molecular complexity index is 446. The third-order valence-electron chi connectivity index (χ3n) is 3.84. The fourth-order valence-electron chi connectivity index (χ4n) is 2.53. The van der Waals surface area contributed by atoms with Crippen LogP contribution in [0.3, 0.4) is 0 Å². The van der Waals surface area contributed by atoms with Crippen LogP contribution >= 0.6 is 11.8 Å². The van der Waals surface area contributed by atoms with Gasteiger partial charge in [-0.1, -0.05) is 0 Å². The minimum Gasteiger partial charge on any atom is -0.468 e. The molecule has 1 aromatic rings. The number of aliphatic hydroxyl groups is 1. The number of thioether (sulfide) groups is 1. The maximum Gasteiger partial charge on any atom is 0.308 e. The van der Waals surface area contributed by atoms with Crippen LogP contribution in [0.2, 0.25) is 0 Å². The Morgan fingerprint density at radius 1 is 1.55 bits per heavy atom. The predicted octanol–water partition coefficient (Wildman–Crippen LogP) is 3.16. The molecule has 1 aliphatic rings. The number of esters is 1. The van der Waals surface area contributed by atoms with Gasteiger partial charge in [-0.05, 0) is 45.6 Å². The molecular formula is C15H22O4S. The first-order valence-electron chi connectivity index (χ1n) is 7.10. The van der Waals surface area contributed by atoms with Gasteiger partial charge >= 0.3 is 5.97 Å². The maximum absolute atomic E-state index is 11.7. The molecule has 0 amide bonds. The predicted molar refractivity (Wildman–Crippen MR) is 77.7 cm³/mol. The lowest BCUT2D eigenvalue weighted by atomic mass is 9.80. The van der Waals surface area contributed by atoms with Gasteiger partial charge in [0.15, 0.2) is 0 Å². The average Bonchev–Trinajstić information content (AvgIpc) is 2.83. The van der Waals surface area contributed by atoms with E-state index in [1.54, 1.807) is 18.0 Å². The smallest absolute Gasteiger partial charge is 0.308 e. The molecule has 1 saturated carbocycles. The van der Waals surface area contributed by atoms with Crippen LogP contribution in [0.15, 0.2) is 21.6 Å². The number of carbonyl (C=O) groups excluding carboxylic acids is 1. The van der Waals surface area contributed by atoms with Crippen molar-refractivity contribution in [3.8, 4) is 0 Å². The Balaban J connectivity index is 1.82. The molecule has 0 aliphatic heterocycles. The molecule has 1 aromatic heterocycles. The number of carbonyl (C=O) groups is 1. The van der Waals surface area contributed by atoms with Gasteiger partial charge in [-0.2, -0.15) is 0 Å². The molecule has 1 fully saturated rings. The molecule has 1 aliphatic carbocycles. The van der Waals surface area contributed by atoms with Crippen molar-refractivity contribution in [3.63, 3.8) is 0 Å². The van der Waals surface area contributed by atoms with E-state index in [9.17, 15) is 9.90 Å². The molecule has 0 spiro atoms. The van der Waals surface area contributed by atoms with E-state index in [-0.39, 0.29) is 11.9 Å². The van der Waals surface area contributed by atoms with Crippen molar-refractivity contribution in [2.75, 3.05) is 12.4 Å². The van der Waals surface area contributed by atoms with E-state index >= 15 is 0 Å². The molecule has 4 nitrogen and oxygen atoms in total. The van der Waals surface area contributed by atoms with Crippen LogP contribution in [0, 0.1) is 12.8 Å². The quantitative estimate of drug-likeness (QED) is 0.668. The summed E-state index contributed by atoms with van der Waals surface area (Å²) >= 11 is 1.62. The molecule has 1 N–H and O–H groups in total. The highest BCUT2D eigenvalue weighted by atomic mass is 32.2. The van der Waals surface area contributed by atoms with Gasteiger partial charge in [0.05, 0.1) is 24.4 Å². The van der Waals surface area contributed by atoms with Crippen LogP contribution in [0.25, 0.3) is 0 Å². The molecule has 5 heteroatoms. The van der Waals surface area contributed by atoms with Gasteiger partial charge in [-0.25, -0.2) is 0 Å². The summed E-state index contributed by atoms with van der Waals surface area (Å²) in [6, 6.07) is 1.92. The number of ether oxygens (including phenoxy) is 1. The lowest BCUT2D eigenvalue weighted by molar-refractivity contribution is -0.150. The summed E-state index contributed by atoms with van der Waals surface area (Å²) in [5, 5.41) is 10.6. The zero-order valence-corrected chi connectivity index (χ0v) is 12.9. The summed E-state index contributed by atoms with van der Waals surface area (Å²) in [6.07, 6.45) is 4.39. The third-order valence-corrected chi connectivity index (χ3v) is 5.26. The minimum absolute atomic E-state index is 0.0455. The van der Waals surface area contributed by atoms with Gasteiger partial charge in [0.1, 0.15) is 5.76 Å². The lowest BCUT2D eigenvalue weighted by Gasteiger charge is -2.34. The monoisotopic (exact) mass is 298 g/mol. The molecule has 0 unspecified atom stereocenters. The summed E-state index contributed by atoms with van der Waals surface area (Å²) in [7, 11) is 0. The van der Waals surface area contributed by atoms with Crippen molar-refractivity contribution in [3.05, 3.63) is 18.1 Å². The Morgan fingerprint density at radius 2 is 2.25 bits per heavy atom. The third kappa shape index (κ3) is 3.79. The first-order chi connectivity index (χ1) is 9.54. The van der Waals surface area contributed by atoms with E-state index in [0.29, 0.717) is 38.0 Å². The Kier molecular flexibility index (Phi) is 5.16. The van der Waals surface area contributed by atoms with Gasteiger partial charge < -0.3 is 14.3 Å². The fraction of sp³-hybridized carbons (Fsp3) is 0.667. The van der Waals surface area contributed by atoms with Crippen molar-refractivity contribution in [1.82, 2.24) is 0 Å². The average molecular weight is 298 g/mol. The zero-order chi connectivity index (χ0) is 14.6. The van der Waals surface area contributed by atoms with Crippen molar-refractivity contribution in [2.45, 2.75) is 50.0 Å². The van der Waals surface area contributed by atoms with Crippen LogP contribution < -0.4 is 0 Å². The molecule has 112 valence electrons. The zero-order valence-electron chi connectivity index (χ0n) is 12.1. The largest absolute Gasteiger partial charge is 0.468 e. The molecule has 0 atom stereocenters. The number of furan rings is 1. The SMILES string of the molecule is CCOC(=O)C1CCC(O)(CSc2ccoc2C)CC1. The molecule has 0 aromatic carbocycles. The lowest BCUT2D eigenvalue weighted by Crippen LogP contribution is -2.38. The van der Waals surface area contributed by atoms with Crippen LogP contribution in [0.4, 0.5) is 0 Å². The topological polar surface area (TPSA) is 59.7 Å². The first kappa shape index (κ1) is 15.4. The summed E-state index contributed by atoms with van der Waals surface area (Å²) < 4.78 is 10.3. The highest BCUT2D eigenvalue weighted by molar-refractivity contribution is 7.99. The second-order valence-electron chi connectivity index (χ2n) is 5.38. The van der Waals surface area contributed by atoms with Crippen molar-refractivity contribution in [1.29, 1.82) is 0 Å². The van der Waals surface area contributed by atoms with E-state index in [1.807, 2.05) is 19.9 Å². The molecule has 2 rings (SSSR count). The number of rotatable bonds is 5. The molecule has 0 bridgehead atoms. The second kappa shape index (κ2) is 6.68. The number of hydrogen-bond acceptors (Lipinski definition) is 5. The van der Waals surface area contributed by atoms with E-state index < -0.39 is 5.60 Å². The van der Waals surface area contributed by atoms with Crippen LogP contribution in [-0.2, 0) is 9.53 Å². The maximum atomic E-state index is 11.7. The molecule has 1 heterocycles. The Morgan fingerprint density at radius 3 is 2.80 bits per heavy atom. The highest BCUT2D eigenvalue weighted by Gasteiger charge is 2.36. The van der Waals surface area contributed by atoms with E-state index in [0.717, 1.165) is 10.7 Å². The summed E-state index contributed by atoms with van der Waals surface area (Å²) in [6.45, 7) is 4.17. The second-order valence-corrected chi connectivity index (χ2v) is 6.40. The van der Waals surface area contributed by atoms with Gasteiger partial charge in [-0.3, -0.25) is 4.79 Å². The highest BCUT2D eigenvalue weighted by Crippen LogP contribution is 2.37.